The van der Waals surface area contributed by atoms with E-state index in [2.05, 4.69) is 36.4 Å². The first kappa shape index (κ1) is 17.1. The SMILES string of the molecule is COC(OC)[C@@H]1[C@H]2C[C@H](C=C2c2ccccc2)[C@@]23O[C@@H]4[C@H]5CC[C@H]6[C@@H]4C(=O)[C@@]12[C@H]6[C@H]53. The summed E-state index contributed by atoms with van der Waals surface area (Å²) in [7, 11) is 3.48. The fourth-order valence-electron chi connectivity index (χ4n) is 10.5. The molecule has 9 rings (SSSR count). The summed E-state index contributed by atoms with van der Waals surface area (Å²) in [5.41, 5.74) is 1.96. The van der Waals surface area contributed by atoms with Crippen LogP contribution in [0.15, 0.2) is 36.4 Å². The van der Waals surface area contributed by atoms with Crippen molar-refractivity contribution in [2.75, 3.05) is 14.2 Å². The third-order valence-electron chi connectivity index (χ3n) is 10.8. The molecule has 0 amide bonds. The highest BCUT2D eigenvalue weighted by molar-refractivity contribution is 5.98. The van der Waals surface area contributed by atoms with Gasteiger partial charge in [-0.05, 0) is 60.0 Å². The second-order valence-electron chi connectivity index (χ2n) is 10.9. The van der Waals surface area contributed by atoms with Crippen LogP contribution in [-0.2, 0) is 19.0 Å². The minimum Gasteiger partial charge on any atom is -0.369 e. The summed E-state index contributed by atoms with van der Waals surface area (Å²) in [5, 5.41) is 0. The lowest BCUT2D eigenvalue weighted by Crippen LogP contribution is -2.80. The van der Waals surface area contributed by atoms with Gasteiger partial charge in [0.15, 0.2) is 6.29 Å². The summed E-state index contributed by atoms with van der Waals surface area (Å²) in [6.07, 6.45) is 5.84. The molecule has 6 saturated carbocycles. The lowest BCUT2D eigenvalue weighted by Gasteiger charge is -2.72. The Kier molecular flexibility index (Phi) is 2.91. The summed E-state index contributed by atoms with van der Waals surface area (Å²) in [6.45, 7) is 0. The third-order valence-corrected chi connectivity index (χ3v) is 10.8. The van der Waals surface area contributed by atoms with Gasteiger partial charge in [0.2, 0.25) is 0 Å². The molecule has 0 unspecified atom stereocenters. The second kappa shape index (κ2) is 5.11. The highest BCUT2D eigenvalue weighted by atomic mass is 16.7. The van der Waals surface area contributed by atoms with E-state index in [9.17, 15) is 4.79 Å². The number of benzene rings is 1. The van der Waals surface area contributed by atoms with Gasteiger partial charge in [-0.1, -0.05) is 36.4 Å². The molecule has 1 aliphatic heterocycles. The molecule has 1 aromatic carbocycles. The Morgan fingerprint density at radius 2 is 1.83 bits per heavy atom. The predicted octanol–water partition coefficient (Wildman–Crippen LogP) is 3.56. The van der Waals surface area contributed by atoms with Gasteiger partial charge in [0, 0.05) is 32.0 Å². The fourth-order valence-corrected chi connectivity index (χ4v) is 10.5. The molecule has 1 saturated heterocycles. The zero-order valence-electron chi connectivity index (χ0n) is 17.5. The van der Waals surface area contributed by atoms with Gasteiger partial charge in [-0.25, -0.2) is 0 Å². The van der Waals surface area contributed by atoms with E-state index >= 15 is 0 Å². The van der Waals surface area contributed by atoms with Crippen molar-refractivity contribution in [3.05, 3.63) is 42.0 Å². The van der Waals surface area contributed by atoms with E-state index in [-0.39, 0.29) is 29.8 Å². The normalized spacial score (nSPS) is 55.2. The average molecular weight is 405 g/mol. The van der Waals surface area contributed by atoms with Crippen molar-refractivity contribution in [1.29, 1.82) is 0 Å². The van der Waals surface area contributed by atoms with Crippen molar-refractivity contribution in [1.82, 2.24) is 0 Å². The monoisotopic (exact) mass is 404 g/mol. The van der Waals surface area contributed by atoms with Crippen molar-refractivity contribution >= 4 is 11.4 Å². The molecule has 8 aliphatic rings. The Bertz CT molecular complexity index is 998. The van der Waals surface area contributed by atoms with Gasteiger partial charge in [0.25, 0.3) is 0 Å². The van der Waals surface area contributed by atoms with Gasteiger partial charge in [0.1, 0.15) is 5.78 Å². The summed E-state index contributed by atoms with van der Waals surface area (Å²) in [4.78, 5) is 14.3. The number of rotatable bonds is 4. The van der Waals surface area contributed by atoms with Gasteiger partial charge >= 0.3 is 0 Å². The molecular formula is C26H28O4. The van der Waals surface area contributed by atoms with E-state index in [0.717, 1.165) is 6.42 Å². The molecule has 1 aromatic rings. The smallest absolute Gasteiger partial charge is 0.161 e. The van der Waals surface area contributed by atoms with Crippen molar-refractivity contribution < 1.29 is 19.0 Å². The van der Waals surface area contributed by atoms with E-state index in [4.69, 9.17) is 14.2 Å². The van der Waals surface area contributed by atoms with Gasteiger partial charge in [-0.15, -0.1) is 0 Å². The zero-order chi connectivity index (χ0) is 20.0. The molecule has 0 aromatic heterocycles. The maximum Gasteiger partial charge on any atom is 0.161 e. The molecule has 30 heavy (non-hydrogen) atoms. The van der Waals surface area contributed by atoms with Gasteiger partial charge in [-0.2, -0.15) is 0 Å². The largest absolute Gasteiger partial charge is 0.369 e. The Labute approximate surface area is 177 Å². The summed E-state index contributed by atoms with van der Waals surface area (Å²) in [6, 6.07) is 10.7. The van der Waals surface area contributed by atoms with Crippen LogP contribution in [0.1, 0.15) is 24.8 Å². The number of hydrogen-bond acceptors (Lipinski definition) is 4. The first-order chi connectivity index (χ1) is 14.7. The van der Waals surface area contributed by atoms with Crippen molar-refractivity contribution in [3.8, 4) is 0 Å². The molecule has 7 fully saturated rings. The first-order valence-electron chi connectivity index (χ1n) is 11.7. The molecule has 1 heterocycles. The standard InChI is InChI=1S/C26H28O4/c1-28-24(29-2)21-17-11-13(10-16(17)12-6-4-3-5-7-12)26-20-15-9-8-14-18(22(15)30-26)23(27)25(21,26)19(14)20/h3-7,10,13-15,17-22,24H,8-9,11H2,1-2H3/t13-,14-,15-,17-,18-,19+,20-,21-,22+,25+,26-/m0/s1. The minimum atomic E-state index is -0.407. The van der Waals surface area contributed by atoms with Crippen LogP contribution < -0.4 is 0 Å². The van der Waals surface area contributed by atoms with E-state index < -0.39 is 5.41 Å². The lowest BCUT2D eigenvalue weighted by atomic mass is 9.31. The highest BCUT2D eigenvalue weighted by Crippen LogP contribution is 2.90. The van der Waals surface area contributed by atoms with Crippen LogP contribution in [0.5, 0.6) is 0 Å². The number of Topliss-reactive ketones (excluding diaryl/α,β-unsaturated/α-hetero) is 1. The number of carbonyl (C=O) groups excluding carboxylic acids is 1. The van der Waals surface area contributed by atoms with Crippen LogP contribution in [0.25, 0.3) is 5.57 Å². The molecule has 7 aliphatic carbocycles. The number of ether oxygens (including phenoxy) is 3. The zero-order valence-corrected chi connectivity index (χ0v) is 17.5. The van der Waals surface area contributed by atoms with Gasteiger partial charge in [0.05, 0.1) is 17.1 Å². The van der Waals surface area contributed by atoms with Crippen LogP contribution in [0, 0.1) is 52.8 Å². The van der Waals surface area contributed by atoms with Crippen LogP contribution in [0.3, 0.4) is 0 Å². The number of fused-ring (bicyclic) bond motifs is 3. The number of ketones is 1. The lowest BCUT2D eigenvalue weighted by molar-refractivity contribution is -0.329. The third kappa shape index (κ3) is 1.39. The second-order valence-corrected chi connectivity index (χ2v) is 10.9. The van der Waals surface area contributed by atoms with Crippen LogP contribution in [0.4, 0.5) is 0 Å². The summed E-state index contributed by atoms with van der Waals surface area (Å²) in [5.74, 6) is 3.51. The Balaban J connectivity index is 1.39. The molecule has 4 heteroatoms. The average Bonchev–Trinajstić information content (AvgIpc) is 3.30. The van der Waals surface area contributed by atoms with Crippen LogP contribution >= 0.6 is 0 Å². The Morgan fingerprint density at radius 1 is 1.07 bits per heavy atom. The van der Waals surface area contributed by atoms with Gasteiger partial charge in [-0.3, -0.25) is 4.79 Å². The molecular weight excluding hydrogens is 376 g/mol. The maximum absolute atomic E-state index is 14.3. The Morgan fingerprint density at radius 3 is 2.60 bits per heavy atom. The van der Waals surface area contributed by atoms with Crippen LogP contribution in [-0.4, -0.2) is 38.0 Å². The molecule has 8 bridgehead atoms. The molecule has 2 spiro atoms. The number of hydrogen-bond donors (Lipinski definition) is 0. The molecule has 11 atom stereocenters. The molecule has 0 N–H and O–H groups in total. The quantitative estimate of drug-likeness (QED) is 0.720. The summed E-state index contributed by atoms with van der Waals surface area (Å²) < 4.78 is 19.0. The van der Waals surface area contributed by atoms with Crippen LogP contribution in [0.2, 0.25) is 0 Å². The molecule has 0 radical (unpaired) electrons. The first-order valence-corrected chi connectivity index (χ1v) is 11.7. The van der Waals surface area contributed by atoms with E-state index in [1.807, 2.05) is 0 Å². The topological polar surface area (TPSA) is 44.8 Å². The van der Waals surface area contributed by atoms with Crippen molar-refractivity contribution in [3.63, 3.8) is 0 Å². The maximum atomic E-state index is 14.3. The predicted molar refractivity (Wildman–Crippen MR) is 109 cm³/mol. The Hall–Kier alpha value is -1.49. The van der Waals surface area contributed by atoms with Gasteiger partial charge < -0.3 is 14.2 Å². The molecule has 156 valence electrons. The fraction of sp³-hybridized carbons (Fsp3) is 0.654. The van der Waals surface area contributed by atoms with E-state index in [0.29, 0.717) is 41.3 Å². The molecule has 4 nitrogen and oxygen atoms in total. The number of carbonyl (C=O) groups is 1. The van der Waals surface area contributed by atoms with E-state index in [1.54, 1.807) is 14.2 Å². The van der Waals surface area contributed by atoms with E-state index in [1.165, 1.54) is 24.0 Å². The number of methoxy groups -OCH3 is 2. The summed E-state index contributed by atoms with van der Waals surface area (Å²) >= 11 is 0. The number of allylic oxidation sites excluding steroid dienone is 1. The minimum absolute atomic E-state index is 0.0387. The van der Waals surface area contributed by atoms with Crippen molar-refractivity contribution in [2.24, 2.45) is 52.8 Å². The highest BCUT2D eigenvalue weighted by Gasteiger charge is 2.96. The van der Waals surface area contributed by atoms with Crippen molar-refractivity contribution in [2.45, 2.75) is 37.3 Å².